The first kappa shape index (κ1) is 12.7. The number of imidazole rings is 1. The molecule has 0 bridgehead atoms. The van der Waals surface area contributed by atoms with Crippen molar-refractivity contribution in [3.05, 3.63) is 42.2 Å². The Bertz CT molecular complexity index is 488. The Morgan fingerprint density at radius 2 is 2.06 bits per heavy atom. The van der Waals surface area contributed by atoms with Gasteiger partial charge in [-0.05, 0) is 24.5 Å². The number of aromatic nitrogens is 2. The van der Waals surface area contributed by atoms with Crippen LogP contribution >= 0.6 is 0 Å². The third-order valence-corrected chi connectivity index (χ3v) is 3.09. The molecule has 2 rings (SSSR count). The van der Waals surface area contributed by atoms with Gasteiger partial charge in [0, 0.05) is 18.9 Å². The van der Waals surface area contributed by atoms with Crippen LogP contribution in [0, 0.1) is 0 Å². The Hall–Kier alpha value is -1.77. The molecule has 1 heterocycles. The fraction of sp³-hybridized carbons (Fsp3) is 0.400. The quantitative estimate of drug-likeness (QED) is 0.785. The molecular formula is C15H21N3. The molecule has 0 unspecified atom stereocenters. The van der Waals surface area contributed by atoms with Crippen LogP contribution in [0.5, 0.6) is 0 Å². The van der Waals surface area contributed by atoms with Gasteiger partial charge >= 0.3 is 0 Å². The number of hydrogen-bond acceptors (Lipinski definition) is 2. The summed E-state index contributed by atoms with van der Waals surface area (Å²) in [5.74, 6) is 0.935. The van der Waals surface area contributed by atoms with E-state index in [1.165, 1.54) is 24.1 Å². The van der Waals surface area contributed by atoms with Gasteiger partial charge in [0.1, 0.15) is 0 Å². The molecule has 0 radical (unpaired) electrons. The van der Waals surface area contributed by atoms with Crippen LogP contribution < -0.4 is 5.32 Å². The number of nitrogens with zero attached hydrogens (tertiary/aromatic N) is 2. The van der Waals surface area contributed by atoms with Gasteiger partial charge in [-0.1, -0.05) is 38.5 Å². The molecule has 0 amide bonds. The van der Waals surface area contributed by atoms with E-state index in [2.05, 4.69) is 53.0 Å². The highest BCUT2D eigenvalue weighted by atomic mass is 15.2. The first-order valence-corrected chi connectivity index (χ1v) is 6.72. The predicted octanol–water partition coefficient (Wildman–Crippen LogP) is 3.65. The number of rotatable bonds is 6. The molecule has 0 saturated carbocycles. The van der Waals surface area contributed by atoms with Crippen LogP contribution in [0.3, 0.4) is 0 Å². The van der Waals surface area contributed by atoms with Crippen LogP contribution in [0.1, 0.15) is 32.3 Å². The minimum atomic E-state index is 0.935. The fourth-order valence-corrected chi connectivity index (χ4v) is 2.05. The van der Waals surface area contributed by atoms with Gasteiger partial charge in [-0.15, -0.1) is 0 Å². The number of para-hydroxylation sites is 1. The van der Waals surface area contributed by atoms with Crippen LogP contribution in [0.15, 0.2) is 36.7 Å². The van der Waals surface area contributed by atoms with Crippen molar-refractivity contribution < 1.29 is 0 Å². The average molecular weight is 243 g/mol. The van der Waals surface area contributed by atoms with Crippen molar-refractivity contribution in [2.75, 3.05) is 11.9 Å². The summed E-state index contributed by atoms with van der Waals surface area (Å²) in [4.78, 5) is 4.39. The molecule has 3 heteroatoms. The highest BCUT2D eigenvalue weighted by molar-refractivity contribution is 5.47. The van der Waals surface area contributed by atoms with E-state index in [4.69, 9.17) is 0 Å². The Kier molecular flexibility index (Phi) is 4.40. The standard InChI is InChI=1S/C15H21N3/c1-3-5-10-16-15-17-11-12-18(15)14-9-7-6-8-13(14)4-2/h6-9,11-12H,3-5,10H2,1-2H3,(H,16,17). The summed E-state index contributed by atoms with van der Waals surface area (Å²) in [6.45, 7) is 5.35. The summed E-state index contributed by atoms with van der Waals surface area (Å²) < 4.78 is 2.13. The molecule has 0 aliphatic carbocycles. The first-order chi connectivity index (χ1) is 8.86. The van der Waals surface area contributed by atoms with Gasteiger partial charge in [0.05, 0.1) is 5.69 Å². The van der Waals surface area contributed by atoms with Crippen molar-refractivity contribution in [2.24, 2.45) is 0 Å². The minimum Gasteiger partial charge on any atom is -0.355 e. The first-order valence-electron chi connectivity index (χ1n) is 6.72. The second-order valence-electron chi connectivity index (χ2n) is 4.38. The second kappa shape index (κ2) is 6.24. The summed E-state index contributed by atoms with van der Waals surface area (Å²) in [7, 11) is 0. The number of unbranched alkanes of at least 4 members (excludes halogenated alkanes) is 1. The number of nitrogens with one attached hydrogen (secondary N) is 1. The van der Waals surface area contributed by atoms with Gasteiger partial charge in [-0.3, -0.25) is 4.57 Å². The second-order valence-corrected chi connectivity index (χ2v) is 4.38. The molecule has 96 valence electrons. The zero-order chi connectivity index (χ0) is 12.8. The van der Waals surface area contributed by atoms with Crippen molar-refractivity contribution >= 4 is 5.95 Å². The van der Waals surface area contributed by atoms with E-state index >= 15 is 0 Å². The summed E-state index contributed by atoms with van der Waals surface area (Å²) >= 11 is 0. The Morgan fingerprint density at radius 3 is 2.83 bits per heavy atom. The largest absolute Gasteiger partial charge is 0.355 e. The van der Waals surface area contributed by atoms with Crippen molar-refractivity contribution in [3.8, 4) is 5.69 Å². The van der Waals surface area contributed by atoms with Gasteiger partial charge in [-0.25, -0.2) is 4.98 Å². The molecule has 2 aromatic rings. The molecule has 1 aromatic carbocycles. The van der Waals surface area contributed by atoms with Crippen LogP contribution in [0.4, 0.5) is 5.95 Å². The number of aryl methyl sites for hydroxylation is 1. The average Bonchev–Trinajstić information content (AvgIpc) is 2.87. The Labute approximate surface area is 109 Å². The number of benzene rings is 1. The SMILES string of the molecule is CCCCNc1nccn1-c1ccccc1CC. The lowest BCUT2D eigenvalue weighted by atomic mass is 10.1. The van der Waals surface area contributed by atoms with E-state index in [1.807, 2.05) is 12.4 Å². The van der Waals surface area contributed by atoms with E-state index in [9.17, 15) is 0 Å². The molecular weight excluding hydrogens is 222 g/mol. The lowest BCUT2D eigenvalue weighted by Gasteiger charge is -2.12. The zero-order valence-electron chi connectivity index (χ0n) is 11.2. The Balaban J connectivity index is 2.25. The Morgan fingerprint density at radius 1 is 1.22 bits per heavy atom. The van der Waals surface area contributed by atoms with Gasteiger partial charge in [0.15, 0.2) is 0 Å². The molecule has 0 aliphatic heterocycles. The maximum Gasteiger partial charge on any atom is 0.207 e. The molecule has 18 heavy (non-hydrogen) atoms. The van der Waals surface area contributed by atoms with E-state index in [-0.39, 0.29) is 0 Å². The van der Waals surface area contributed by atoms with E-state index in [1.54, 1.807) is 0 Å². The van der Waals surface area contributed by atoms with Gasteiger partial charge in [0.25, 0.3) is 0 Å². The zero-order valence-corrected chi connectivity index (χ0v) is 11.2. The van der Waals surface area contributed by atoms with Crippen LogP contribution in [0.25, 0.3) is 5.69 Å². The van der Waals surface area contributed by atoms with Gasteiger partial charge < -0.3 is 5.32 Å². The van der Waals surface area contributed by atoms with Crippen LogP contribution in [-0.4, -0.2) is 16.1 Å². The summed E-state index contributed by atoms with van der Waals surface area (Å²) in [5, 5.41) is 3.40. The molecule has 1 N–H and O–H groups in total. The van der Waals surface area contributed by atoms with Gasteiger partial charge in [-0.2, -0.15) is 0 Å². The summed E-state index contributed by atoms with van der Waals surface area (Å²) in [6, 6.07) is 8.48. The van der Waals surface area contributed by atoms with E-state index in [0.717, 1.165) is 18.9 Å². The van der Waals surface area contributed by atoms with Crippen molar-refractivity contribution in [3.63, 3.8) is 0 Å². The highest BCUT2D eigenvalue weighted by Gasteiger charge is 2.07. The topological polar surface area (TPSA) is 29.9 Å². The molecule has 0 fully saturated rings. The summed E-state index contributed by atoms with van der Waals surface area (Å²) in [6.07, 6.45) is 7.26. The highest BCUT2D eigenvalue weighted by Crippen LogP contribution is 2.19. The van der Waals surface area contributed by atoms with Crippen LogP contribution in [0.2, 0.25) is 0 Å². The third-order valence-electron chi connectivity index (χ3n) is 3.09. The van der Waals surface area contributed by atoms with Gasteiger partial charge in [0.2, 0.25) is 5.95 Å². The number of hydrogen-bond donors (Lipinski definition) is 1. The molecule has 0 spiro atoms. The normalized spacial score (nSPS) is 10.6. The third kappa shape index (κ3) is 2.73. The fourth-order valence-electron chi connectivity index (χ4n) is 2.05. The van der Waals surface area contributed by atoms with Crippen molar-refractivity contribution in [1.82, 2.24) is 9.55 Å². The van der Waals surface area contributed by atoms with E-state index < -0.39 is 0 Å². The smallest absolute Gasteiger partial charge is 0.207 e. The molecule has 0 saturated heterocycles. The predicted molar refractivity (Wildman–Crippen MR) is 76.3 cm³/mol. The number of anilines is 1. The van der Waals surface area contributed by atoms with E-state index in [0.29, 0.717) is 0 Å². The monoisotopic (exact) mass is 243 g/mol. The van der Waals surface area contributed by atoms with Crippen LogP contribution in [-0.2, 0) is 6.42 Å². The van der Waals surface area contributed by atoms with Crippen molar-refractivity contribution in [2.45, 2.75) is 33.1 Å². The van der Waals surface area contributed by atoms with Crippen molar-refractivity contribution in [1.29, 1.82) is 0 Å². The molecule has 0 atom stereocenters. The molecule has 1 aromatic heterocycles. The lowest BCUT2D eigenvalue weighted by molar-refractivity contribution is 0.822. The minimum absolute atomic E-state index is 0.935. The molecule has 3 nitrogen and oxygen atoms in total. The summed E-state index contributed by atoms with van der Waals surface area (Å²) in [5.41, 5.74) is 2.56. The molecule has 0 aliphatic rings. The lowest BCUT2D eigenvalue weighted by Crippen LogP contribution is -2.08. The maximum absolute atomic E-state index is 4.39. The maximum atomic E-state index is 4.39.